The molecule has 326 valence electrons. The first-order valence-electron chi connectivity index (χ1n) is 22.5. The second-order valence-corrected chi connectivity index (χ2v) is 19.5. The van der Waals surface area contributed by atoms with Crippen LogP contribution >= 0.6 is 0 Å². The number of phenolic OH excluding ortho intramolecular Hbond substituents is 1. The number of aromatic hydroxyl groups is 1. The minimum Gasteiger partial charge on any atom is -0.508 e. The number of carbonyl (C=O) groups is 1. The van der Waals surface area contributed by atoms with Crippen molar-refractivity contribution < 1.29 is 49.6 Å². The van der Waals surface area contributed by atoms with Gasteiger partial charge in [-0.3, -0.25) is 0 Å². The first-order chi connectivity index (χ1) is 29.9. The number of hydrogen-bond acceptors (Lipinski definition) is 11. The molecule has 0 radical (unpaired) electrons. The molecule has 11 rings (SSSR count). The summed E-state index contributed by atoms with van der Waals surface area (Å²) in [5, 5.41) is 78.3. The van der Waals surface area contributed by atoms with E-state index in [0.717, 1.165) is 52.8 Å². The molecule has 62 heavy (non-hydrogen) atoms. The molecule has 5 aromatic rings. The van der Waals surface area contributed by atoms with Crippen molar-refractivity contribution in [3.63, 3.8) is 0 Å². The molecule has 4 aliphatic carbocycles. The number of benzene rings is 4. The molecule has 2 aliphatic heterocycles. The van der Waals surface area contributed by atoms with Crippen molar-refractivity contribution in [2.45, 2.75) is 112 Å². The van der Waals surface area contributed by atoms with Gasteiger partial charge < -0.3 is 55.2 Å². The van der Waals surface area contributed by atoms with Crippen molar-refractivity contribution in [3.05, 3.63) is 96.2 Å². The van der Waals surface area contributed by atoms with Gasteiger partial charge in [-0.15, -0.1) is 0 Å². The molecule has 11 atom stereocenters. The van der Waals surface area contributed by atoms with E-state index in [-0.39, 0.29) is 28.5 Å². The maximum Gasteiger partial charge on any atom is 0.343 e. The number of phenols is 1. The number of aliphatic hydroxyl groups is 5. The molecule has 2 saturated heterocycles. The largest absolute Gasteiger partial charge is 0.508 e. The first kappa shape index (κ1) is 40.4. The van der Waals surface area contributed by atoms with E-state index < -0.39 is 77.7 Å². The van der Waals surface area contributed by atoms with Crippen LogP contribution < -0.4 is 10.1 Å². The van der Waals surface area contributed by atoms with Crippen LogP contribution in [-0.2, 0) is 26.3 Å². The number of aromatic nitrogens is 1. The van der Waals surface area contributed by atoms with Crippen molar-refractivity contribution in [1.29, 1.82) is 0 Å². The number of fused-ring (bicyclic) bond motifs is 6. The minimum atomic E-state index is -2.64. The summed E-state index contributed by atoms with van der Waals surface area (Å²) < 4.78 is 19.7. The average Bonchev–Trinajstić information content (AvgIpc) is 3.96. The molecule has 12 nitrogen and oxygen atoms in total. The van der Waals surface area contributed by atoms with Gasteiger partial charge in [0.05, 0.1) is 35.4 Å². The highest BCUT2D eigenvalue weighted by Gasteiger charge is 2.78. The molecule has 0 bridgehead atoms. The summed E-state index contributed by atoms with van der Waals surface area (Å²) in [5.41, 5.74) is -0.748. The van der Waals surface area contributed by atoms with Crippen molar-refractivity contribution in [1.82, 2.24) is 10.3 Å². The first-order valence-corrected chi connectivity index (χ1v) is 22.5. The number of ether oxygens (including phenoxy) is 3. The average molecular weight is 845 g/mol. The van der Waals surface area contributed by atoms with Crippen LogP contribution in [0.1, 0.15) is 69.0 Å². The summed E-state index contributed by atoms with van der Waals surface area (Å²) >= 11 is 0. The van der Waals surface area contributed by atoms with Crippen LogP contribution in [0.3, 0.4) is 0 Å². The van der Waals surface area contributed by atoms with E-state index in [0.29, 0.717) is 23.9 Å². The molecule has 1 aromatic heterocycles. The molecule has 1 spiro atoms. The molecular weight excluding hydrogens is 789 g/mol. The fraction of sp³-hybridized carbons (Fsp3) is 0.500. The SMILES string of the molecule is CNC[C@@H]1C[C@H]2[C@H](O[C@H]3[C@H](C(=O)Oc4c(CO)[nH]c5ccc6cc7ccccc7cc6c45)O[C@@]4(O)[C@H](O)C=C[C@@H]2[C@@]34O)[C@@H](C2(c3ccc(O)cc3)CCC3(CCCC3)CC2)[C@H]1O. The van der Waals surface area contributed by atoms with Crippen LogP contribution in [0.2, 0.25) is 0 Å². The zero-order valence-electron chi connectivity index (χ0n) is 34.9. The van der Waals surface area contributed by atoms with Gasteiger partial charge in [-0.1, -0.05) is 67.5 Å². The van der Waals surface area contributed by atoms with E-state index in [4.69, 9.17) is 14.2 Å². The number of H-pyrrole nitrogens is 1. The predicted molar refractivity (Wildman–Crippen MR) is 231 cm³/mol. The molecule has 6 aliphatic rings. The predicted octanol–water partition coefficient (Wildman–Crippen LogP) is 5.62. The van der Waals surface area contributed by atoms with E-state index >= 15 is 0 Å². The smallest absolute Gasteiger partial charge is 0.343 e. The molecule has 0 unspecified atom stereocenters. The number of carbonyl (C=O) groups excluding carboxylic acids is 1. The summed E-state index contributed by atoms with van der Waals surface area (Å²) in [6.07, 6.45) is 5.39. The Morgan fingerprint density at radius 1 is 0.903 bits per heavy atom. The third kappa shape index (κ3) is 5.70. The van der Waals surface area contributed by atoms with Gasteiger partial charge in [0.25, 0.3) is 0 Å². The number of aromatic amines is 1. The Labute approximate surface area is 359 Å². The van der Waals surface area contributed by atoms with Gasteiger partial charge >= 0.3 is 5.97 Å². The highest BCUT2D eigenvalue weighted by molar-refractivity contribution is 6.14. The van der Waals surface area contributed by atoms with E-state index in [9.17, 15) is 35.4 Å². The fourth-order valence-corrected chi connectivity index (χ4v) is 13.6. The maximum absolute atomic E-state index is 14.9. The second-order valence-electron chi connectivity index (χ2n) is 19.5. The zero-order valence-corrected chi connectivity index (χ0v) is 34.9. The standard InChI is InChI=1S/C50H56N2O10/c1-51-25-30-24-34-35-13-15-38(55)50(59)49(35,58)45(60-42(34)40(41(30)56)48(31-9-11-32(54)12-10-31)20-18-47(19-21-48)16-4-5-17-47)44(62-50)46(57)61-43-37(26-53)52-36-14-8-29-22-27-6-2-3-7-28(27)23-33(29)39(36)43/h2-3,6-15,22-23,30,34-35,38,40-42,44-45,51-56,58-59H,4-5,16-21,24-26H2,1H3/t30-,34+,35-,38+,40-,41-,42-,44+,45-,49+,50-/m0/s1. The van der Waals surface area contributed by atoms with E-state index in [1.807, 2.05) is 61.6 Å². The molecule has 3 saturated carbocycles. The van der Waals surface area contributed by atoms with Gasteiger partial charge in [0, 0.05) is 23.8 Å². The summed E-state index contributed by atoms with van der Waals surface area (Å²) in [5.74, 6) is -5.45. The Hall–Kier alpha value is -4.37. The van der Waals surface area contributed by atoms with E-state index in [1.54, 1.807) is 18.2 Å². The monoisotopic (exact) mass is 844 g/mol. The number of nitrogens with one attached hydrogen (secondary N) is 2. The van der Waals surface area contributed by atoms with E-state index in [1.165, 1.54) is 31.8 Å². The lowest BCUT2D eigenvalue weighted by molar-refractivity contribution is -0.342. The van der Waals surface area contributed by atoms with Gasteiger partial charge in [0.1, 0.15) is 18.0 Å². The van der Waals surface area contributed by atoms with Crippen molar-refractivity contribution in [2.75, 3.05) is 13.6 Å². The molecule has 0 amide bonds. The van der Waals surface area contributed by atoms with Gasteiger partial charge in [0.2, 0.25) is 5.79 Å². The fourth-order valence-electron chi connectivity index (χ4n) is 13.6. The number of hydrogen-bond donors (Lipinski definition) is 8. The lowest BCUT2D eigenvalue weighted by Crippen LogP contribution is -2.75. The normalized spacial score (nSPS) is 35.7. The molecule has 5 fully saturated rings. The summed E-state index contributed by atoms with van der Waals surface area (Å²) in [6.45, 7) is 0.0174. The van der Waals surface area contributed by atoms with Crippen LogP contribution in [0.15, 0.2) is 84.9 Å². The molecule has 4 aromatic carbocycles. The Bertz CT molecular complexity index is 2570. The van der Waals surface area contributed by atoms with Crippen LogP contribution in [-0.4, -0.2) is 97.1 Å². The van der Waals surface area contributed by atoms with Gasteiger partial charge in [0.15, 0.2) is 17.5 Å². The molecule has 12 heteroatoms. The Balaban J connectivity index is 1.02. The second kappa shape index (κ2) is 14.6. The third-order valence-corrected chi connectivity index (χ3v) is 16.6. The quantitative estimate of drug-likeness (QED) is 0.0577. The Kier molecular flexibility index (Phi) is 9.50. The van der Waals surface area contributed by atoms with Crippen molar-refractivity contribution in [2.24, 2.45) is 29.1 Å². The van der Waals surface area contributed by atoms with Gasteiger partial charge in [-0.2, -0.15) is 0 Å². The van der Waals surface area contributed by atoms with Crippen LogP contribution in [0.4, 0.5) is 0 Å². The van der Waals surface area contributed by atoms with Crippen LogP contribution in [0.25, 0.3) is 32.4 Å². The summed E-state index contributed by atoms with van der Waals surface area (Å²) in [4.78, 5) is 18.1. The van der Waals surface area contributed by atoms with Crippen molar-refractivity contribution in [3.8, 4) is 11.5 Å². The molecule has 8 N–H and O–H groups in total. The third-order valence-electron chi connectivity index (χ3n) is 16.6. The lowest BCUT2D eigenvalue weighted by atomic mass is 9.48. The molecule has 3 heterocycles. The number of rotatable bonds is 7. The van der Waals surface area contributed by atoms with Gasteiger partial charge in [-0.25, -0.2) is 4.79 Å². The number of esters is 1. The Morgan fingerprint density at radius 3 is 2.34 bits per heavy atom. The highest BCUT2D eigenvalue weighted by atomic mass is 16.7. The van der Waals surface area contributed by atoms with Gasteiger partial charge in [-0.05, 0) is 127 Å². The van der Waals surface area contributed by atoms with Crippen molar-refractivity contribution >= 4 is 38.4 Å². The minimum absolute atomic E-state index is 0.0879. The number of aliphatic hydroxyl groups excluding tert-OH is 3. The maximum atomic E-state index is 14.9. The molecular formula is C50H56N2O10. The summed E-state index contributed by atoms with van der Waals surface area (Å²) in [6, 6.07) is 23.2. The van der Waals surface area contributed by atoms with Crippen LogP contribution in [0.5, 0.6) is 11.5 Å². The highest BCUT2D eigenvalue weighted by Crippen LogP contribution is 2.64. The topological polar surface area (TPSA) is 194 Å². The lowest BCUT2D eigenvalue weighted by Gasteiger charge is -2.62. The van der Waals surface area contributed by atoms with Crippen LogP contribution in [0, 0.1) is 29.1 Å². The Morgan fingerprint density at radius 2 is 1.63 bits per heavy atom. The van der Waals surface area contributed by atoms with E-state index in [2.05, 4.69) is 16.4 Å². The zero-order chi connectivity index (χ0) is 42.8. The summed E-state index contributed by atoms with van der Waals surface area (Å²) in [7, 11) is 1.85.